The number of carbonyl (C=O) groups excluding carboxylic acids is 1. The fourth-order valence-electron chi connectivity index (χ4n) is 3.37. The fraction of sp³-hybridized carbons (Fsp3) is 0.300. The van der Waals surface area contributed by atoms with E-state index >= 15 is 0 Å². The van der Waals surface area contributed by atoms with Gasteiger partial charge in [-0.3, -0.25) is 0 Å². The van der Waals surface area contributed by atoms with Crippen molar-refractivity contribution in [3.05, 3.63) is 46.4 Å². The van der Waals surface area contributed by atoms with Crippen LogP contribution in [0.3, 0.4) is 0 Å². The minimum absolute atomic E-state index is 0.155. The molecule has 0 fully saturated rings. The van der Waals surface area contributed by atoms with Crippen LogP contribution in [0.5, 0.6) is 0 Å². The number of amides is 2. The number of halogens is 1. The molecule has 1 atom stereocenters. The summed E-state index contributed by atoms with van der Waals surface area (Å²) in [6.45, 7) is 6.02. The molecule has 0 radical (unpaired) electrons. The van der Waals surface area contributed by atoms with Gasteiger partial charge in [0, 0.05) is 12.7 Å². The summed E-state index contributed by atoms with van der Waals surface area (Å²) in [7, 11) is 1.64. The van der Waals surface area contributed by atoms with Gasteiger partial charge in [0.15, 0.2) is 5.82 Å². The van der Waals surface area contributed by atoms with Gasteiger partial charge in [0.1, 0.15) is 10.3 Å². The highest BCUT2D eigenvalue weighted by Crippen LogP contribution is 2.37. The monoisotopic (exact) mass is 472 g/mol. The molecule has 2 amide bonds. The maximum absolute atomic E-state index is 12.8. The van der Waals surface area contributed by atoms with Gasteiger partial charge in [-0.1, -0.05) is 36.8 Å². The van der Waals surface area contributed by atoms with E-state index in [4.69, 9.17) is 16.3 Å². The standard InChI is InChI=1S/C20H21ClN8O2S/c1-10(2)17(31-4)15-14(9-23-19-16(15)26-11(3)32-19)28-20(30)27-12-7-13(21)18(22-8-12)29-24-5-6-25-29/h5-10,17H,1-4H3,(H2,27,28,30). The number of rotatable bonds is 6. The first kappa shape index (κ1) is 22.1. The van der Waals surface area contributed by atoms with Crippen LogP contribution in [-0.4, -0.2) is 43.1 Å². The van der Waals surface area contributed by atoms with E-state index in [1.807, 2.05) is 20.8 Å². The van der Waals surface area contributed by atoms with Crippen molar-refractivity contribution in [1.82, 2.24) is 29.9 Å². The second-order valence-electron chi connectivity index (χ2n) is 7.30. The number of ether oxygens (including phenoxy) is 1. The predicted molar refractivity (Wildman–Crippen MR) is 124 cm³/mol. The molecular weight excluding hydrogens is 452 g/mol. The highest BCUT2D eigenvalue weighted by molar-refractivity contribution is 7.18. The molecule has 0 bridgehead atoms. The Morgan fingerprint density at radius 2 is 1.94 bits per heavy atom. The van der Waals surface area contributed by atoms with E-state index in [-0.39, 0.29) is 12.0 Å². The van der Waals surface area contributed by atoms with Crippen LogP contribution in [0.4, 0.5) is 16.2 Å². The second-order valence-corrected chi connectivity index (χ2v) is 8.89. The van der Waals surface area contributed by atoms with Gasteiger partial charge in [0.25, 0.3) is 0 Å². The number of anilines is 2. The van der Waals surface area contributed by atoms with E-state index in [0.717, 1.165) is 20.9 Å². The number of aryl methyl sites for hydroxylation is 1. The summed E-state index contributed by atoms with van der Waals surface area (Å²) in [5.74, 6) is 0.515. The number of urea groups is 1. The summed E-state index contributed by atoms with van der Waals surface area (Å²) in [5, 5.41) is 14.8. The number of thiazole rings is 1. The lowest BCUT2D eigenvalue weighted by atomic mass is 9.97. The van der Waals surface area contributed by atoms with Gasteiger partial charge >= 0.3 is 6.03 Å². The molecule has 166 valence electrons. The van der Waals surface area contributed by atoms with Crippen molar-refractivity contribution >= 4 is 50.7 Å². The van der Waals surface area contributed by atoms with E-state index < -0.39 is 6.03 Å². The number of pyridine rings is 2. The Bertz CT molecular complexity index is 1260. The molecule has 10 nitrogen and oxygen atoms in total. The first-order valence-electron chi connectivity index (χ1n) is 9.76. The molecule has 12 heteroatoms. The number of fused-ring (bicyclic) bond motifs is 1. The zero-order valence-corrected chi connectivity index (χ0v) is 19.4. The molecule has 0 saturated carbocycles. The summed E-state index contributed by atoms with van der Waals surface area (Å²) < 4.78 is 5.74. The van der Waals surface area contributed by atoms with Crippen LogP contribution >= 0.6 is 22.9 Å². The van der Waals surface area contributed by atoms with Gasteiger partial charge in [0.05, 0.1) is 52.3 Å². The average molecular weight is 473 g/mol. The van der Waals surface area contributed by atoms with E-state index in [9.17, 15) is 4.79 Å². The third-order valence-electron chi connectivity index (χ3n) is 4.65. The Morgan fingerprint density at radius 1 is 1.19 bits per heavy atom. The molecule has 1 unspecified atom stereocenters. The highest BCUT2D eigenvalue weighted by Gasteiger charge is 2.25. The minimum atomic E-state index is -0.471. The number of methoxy groups -OCH3 is 1. The molecule has 32 heavy (non-hydrogen) atoms. The summed E-state index contributed by atoms with van der Waals surface area (Å²) in [5.41, 5.74) is 2.46. The zero-order valence-electron chi connectivity index (χ0n) is 17.8. The summed E-state index contributed by atoms with van der Waals surface area (Å²) >= 11 is 7.78. The predicted octanol–water partition coefficient (Wildman–Crippen LogP) is 4.62. The van der Waals surface area contributed by atoms with Gasteiger partial charge < -0.3 is 15.4 Å². The van der Waals surface area contributed by atoms with Gasteiger partial charge in [-0.25, -0.2) is 19.7 Å². The van der Waals surface area contributed by atoms with Crippen molar-refractivity contribution in [1.29, 1.82) is 0 Å². The largest absolute Gasteiger partial charge is 0.376 e. The first-order chi connectivity index (χ1) is 15.4. The summed E-state index contributed by atoms with van der Waals surface area (Å²) in [6.07, 6.45) is 5.88. The molecule has 0 aliphatic heterocycles. The Kier molecular flexibility index (Phi) is 6.31. The molecule has 0 aliphatic carbocycles. The van der Waals surface area contributed by atoms with Crippen molar-refractivity contribution < 1.29 is 9.53 Å². The molecule has 4 heterocycles. The number of nitrogens with zero attached hydrogens (tertiary/aromatic N) is 6. The lowest BCUT2D eigenvalue weighted by Gasteiger charge is -2.23. The van der Waals surface area contributed by atoms with E-state index in [1.165, 1.54) is 34.7 Å². The summed E-state index contributed by atoms with van der Waals surface area (Å²) in [6, 6.07) is 1.10. The Hall–Kier alpha value is -3.15. The van der Waals surface area contributed by atoms with Crippen LogP contribution < -0.4 is 10.6 Å². The van der Waals surface area contributed by atoms with Crippen LogP contribution in [0.25, 0.3) is 16.2 Å². The fourth-order valence-corrected chi connectivity index (χ4v) is 4.38. The molecule has 4 rings (SSSR count). The lowest BCUT2D eigenvalue weighted by Crippen LogP contribution is -2.22. The Balaban J connectivity index is 1.60. The molecule has 0 spiro atoms. The summed E-state index contributed by atoms with van der Waals surface area (Å²) in [4.78, 5) is 28.2. The quantitative estimate of drug-likeness (QED) is 0.420. The smallest absolute Gasteiger partial charge is 0.323 e. The van der Waals surface area contributed by atoms with Gasteiger partial charge in [0.2, 0.25) is 0 Å². The maximum atomic E-state index is 12.8. The molecule has 0 aliphatic rings. The molecule has 2 N–H and O–H groups in total. The molecule has 4 aromatic rings. The van der Waals surface area contributed by atoms with Gasteiger partial charge in [-0.2, -0.15) is 10.2 Å². The third-order valence-corrected chi connectivity index (χ3v) is 5.81. The lowest BCUT2D eigenvalue weighted by molar-refractivity contribution is 0.0661. The van der Waals surface area contributed by atoms with Gasteiger partial charge in [-0.05, 0) is 18.9 Å². The maximum Gasteiger partial charge on any atom is 0.323 e. The van der Waals surface area contributed by atoms with Crippen molar-refractivity contribution in [2.75, 3.05) is 17.7 Å². The number of nitrogens with one attached hydrogen (secondary N) is 2. The minimum Gasteiger partial charge on any atom is -0.376 e. The van der Waals surface area contributed by atoms with E-state index in [0.29, 0.717) is 22.2 Å². The van der Waals surface area contributed by atoms with Crippen molar-refractivity contribution in [3.63, 3.8) is 0 Å². The molecular formula is C20H21ClN8O2S. The SMILES string of the molecule is COC(c1c(NC(=O)Nc2cnc(-n3nccn3)c(Cl)c2)cnc2sc(C)nc12)C(C)C. The van der Waals surface area contributed by atoms with Crippen molar-refractivity contribution in [2.45, 2.75) is 26.9 Å². The number of hydrogen-bond acceptors (Lipinski definition) is 8. The Morgan fingerprint density at radius 3 is 2.59 bits per heavy atom. The van der Waals surface area contributed by atoms with Crippen molar-refractivity contribution in [3.8, 4) is 5.82 Å². The molecule has 0 aromatic carbocycles. The Labute approximate surface area is 193 Å². The number of carbonyl (C=O) groups is 1. The average Bonchev–Trinajstić information content (AvgIpc) is 3.39. The van der Waals surface area contributed by atoms with Crippen LogP contribution in [-0.2, 0) is 4.74 Å². The van der Waals surface area contributed by atoms with Crippen LogP contribution in [0, 0.1) is 12.8 Å². The second kappa shape index (κ2) is 9.15. The third kappa shape index (κ3) is 4.40. The van der Waals surface area contributed by atoms with Crippen molar-refractivity contribution in [2.24, 2.45) is 5.92 Å². The van der Waals surface area contributed by atoms with E-state index in [1.54, 1.807) is 19.4 Å². The van der Waals surface area contributed by atoms with Crippen LogP contribution in [0.1, 0.15) is 30.5 Å². The number of hydrogen-bond donors (Lipinski definition) is 2. The normalized spacial score (nSPS) is 12.3. The number of aromatic nitrogens is 6. The molecule has 4 aromatic heterocycles. The van der Waals surface area contributed by atoms with Crippen LogP contribution in [0.15, 0.2) is 30.9 Å². The van der Waals surface area contributed by atoms with E-state index in [2.05, 4.69) is 35.8 Å². The molecule has 0 saturated heterocycles. The first-order valence-corrected chi connectivity index (χ1v) is 11.0. The topological polar surface area (TPSA) is 120 Å². The van der Waals surface area contributed by atoms with Gasteiger partial charge in [-0.15, -0.1) is 4.80 Å². The highest BCUT2D eigenvalue weighted by atomic mass is 35.5. The van der Waals surface area contributed by atoms with Crippen LogP contribution in [0.2, 0.25) is 5.02 Å². The zero-order chi connectivity index (χ0) is 22.8.